The summed E-state index contributed by atoms with van der Waals surface area (Å²) >= 11 is 1.80. The molecule has 0 saturated carbocycles. The van der Waals surface area contributed by atoms with Crippen LogP contribution in [0.15, 0.2) is 0 Å². The Morgan fingerprint density at radius 2 is 2.44 bits per heavy atom. The van der Waals surface area contributed by atoms with Crippen molar-refractivity contribution in [3.63, 3.8) is 0 Å². The maximum atomic E-state index is 9.53. The van der Waals surface area contributed by atoms with Crippen LogP contribution in [0, 0.1) is 0 Å². The van der Waals surface area contributed by atoms with Gasteiger partial charge in [-0.15, -0.1) is 0 Å². The summed E-state index contributed by atoms with van der Waals surface area (Å²) in [5, 5.41) is 9.53. The van der Waals surface area contributed by atoms with Crippen molar-refractivity contribution in [1.29, 1.82) is 0 Å². The van der Waals surface area contributed by atoms with Gasteiger partial charge in [0.2, 0.25) is 0 Å². The lowest BCUT2D eigenvalue weighted by molar-refractivity contribution is 0.0617. The van der Waals surface area contributed by atoms with Crippen LogP contribution in [0.5, 0.6) is 0 Å². The zero-order valence-corrected chi connectivity index (χ0v) is 6.28. The van der Waals surface area contributed by atoms with Gasteiger partial charge in [-0.05, 0) is 18.6 Å². The van der Waals surface area contributed by atoms with Crippen LogP contribution >= 0.6 is 11.8 Å². The molecule has 3 heteroatoms. The van der Waals surface area contributed by atoms with Crippen molar-refractivity contribution in [3.05, 3.63) is 0 Å². The van der Waals surface area contributed by atoms with Crippen LogP contribution in [-0.2, 0) is 0 Å². The first-order valence-corrected chi connectivity index (χ1v) is 4.42. The summed E-state index contributed by atoms with van der Waals surface area (Å²) in [6, 6.07) is 0. The normalized spacial score (nSPS) is 36.7. The number of aliphatic hydroxyl groups is 1. The van der Waals surface area contributed by atoms with E-state index in [1.165, 1.54) is 5.75 Å². The minimum absolute atomic E-state index is 0.417. The maximum Gasteiger partial charge on any atom is 0.0859 e. The summed E-state index contributed by atoms with van der Waals surface area (Å²) in [6.45, 7) is 0.417. The first-order valence-electron chi connectivity index (χ1n) is 3.27. The third-order valence-electron chi connectivity index (χ3n) is 1.68. The van der Waals surface area contributed by atoms with Gasteiger partial charge in [0.15, 0.2) is 0 Å². The summed E-state index contributed by atoms with van der Waals surface area (Å²) in [4.78, 5) is 0. The molecule has 1 fully saturated rings. The molecule has 0 aromatic carbocycles. The Bertz CT molecular complexity index is 91.1. The van der Waals surface area contributed by atoms with Crippen molar-refractivity contribution in [3.8, 4) is 0 Å². The van der Waals surface area contributed by atoms with E-state index in [9.17, 15) is 5.11 Å². The number of nitrogens with two attached hydrogens (primary N) is 1. The van der Waals surface area contributed by atoms with E-state index >= 15 is 0 Å². The largest absolute Gasteiger partial charge is 0.388 e. The molecule has 1 rings (SSSR count). The van der Waals surface area contributed by atoms with Gasteiger partial charge in [0.25, 0.3) is 0 Å². The quantitative estimate of drug-likeness (QED) is 0.557. The predicted octanol–water partition coefficient (Wildman–Crippen LogP) is 0.203. The highest BCUT2D eigenvalue weighted by Crippen LogP contribution is 2.25. The fourth-order valence-corrected chi connectivity index (χ4v) is 2.13. The molecule has 1 unspecified atom stereocenters. The Hall–Kier alpha value is 0.270. The Morgan fingerprint density at radius 1 is 1.67 bits per heavy atom. The molecule has 1 heterocycles. The van der Waals surface area contributed by atoms with E-state index in [0.717, 1.165) is 18.6 Å². The van der Waals surface area contributed by atoms with E-state index in [4.69, 9.17) is 5.73 Å². The summed E-state index contributed by atoms with van der Waals surface area (Å²) in [5.41, 5.74) is 4.84. The van der Waals surface area contributed by atoms with Gasteiger partial charge in [-0.3, -0.25) is 0 Å². The first-order chi connectivity index (χ1) is 4.27. The van der Waals surface area contributed by atoms with E-state index in [2.05, 4.69) is 0 Å². The molecule has 1 aliphatic rings. The Kier molecular flexibility index (Phi) is 2.38. The second-order valence-corrected chi connectivity index (χ2v) is 3.69. The van der Waals surface area contributed by atoms with Crippen LogP contribution in [0.2, 0.25) is 0 Å². The third-order valence-corrected chi connectivity index (χ3v) is 3.00. The molecule has 1 atom stereocenters. The molecule has 0 radical (unpaired) electrons. The minimum atomic E-state index is -0.539. The first kappa shape index (κ1) is 7.38. The average Bonchev–Trinajstić information content (AvgIpc) is 1.90. The van der Waals surface area contributed by atoms with Crippen LogP contribution in [0.25, 0.3) is 0 Å². The van der Waals surface area contributed by atoms with Crippen molar-refractivity contribution < 1.29 is 5.11 Å². The lowest BCUT2D eigenvalue weighted by atomic mass is 10.0. The van der Waals surface area contributed by atoms with Gasteiger partial charge in [0.1, 0.15) is 0 Å². The van der Waals surface area contributed by atoms with E-state index in [1.54, 1.807) is 11.8 Å². The zero-order chi connectivity index (χ0) is 6.74. The second kappa shape index (κ2) is 2.90. The van der Waals surface area contributed by atoms with Crippen molar-refractivity contribution in [2.75, 3.05) is 18.1 Å². The lowest BCUT2D eigenvalue weighted by Gasteiger charge is -2.29. The molecule has 0 aliphatic carbocycles. The Balaban J connectivity index is 2.37. The van der Waals surface area contributed by atoms with E-state index in [-0.39, 0.29) is 0 Å². The minimum Gasteiger partial charge on any atom is -0.388 e. The topological polar surface area (TPSA) is 46.2 Å². The van der Waals surface area contributed by atoms with Gasteiger partial charge in [-0.1, -0.05) is 0 Å². The summed E-state index contributed by atoms with van der Waals surface area (Å²) in [6.07, 6.45) is 1.99. The average molecular weight is 147 g/mol. The molecule has 0 amide bonds. The molecular weight excluding hydrogens is 134 g/mol. The molecular formula is C6H13NOS. The van der Waals surface area contributed by atoms with Gasteiger partial charge < -0.3 is 10.8 Å². The van der Waals surface area contributed by atoms with Gasteiger partial charge in [-0.2, -0.15) is 11.8 Å². The predicted molar refractivity (Wildman–Crippen MR) is 40.6 cm³/mol. The molecule has 0 spiro atoms. The highest BCUT2D eigenvalue weighted by molar-refractivity contribution is 7.99. The SMILES string of the molecule is NCC1(O)CCCSC1. The fourth-order valence-electron chi connectivity index (χ4n) is 0.999. The number of hydrogen-bond donors (Lipinski definition) is 2. The standard InChI is InChI=1S/C6H13NOS/c7-4-6(8)2-1-3-9-5-6/h8H,1-5,7H2. The van der Waals surface area contributed by atoms with Crippen LogP contribution in [0.1, 0.15) is 12.8 Å². The lowest BCUT2D eigenvalue weighted by Crippen LogP contribution is -2.42. The molecule has 54 valence electrons. The highest BCUT2D eigenvalue weighted by Gasteiger charge is 2.27. The summed E-state index contributed by atoms with van der Waals surface area (Å²) < 4.78 is 0. The summed E-state index contributed by atoms with van der Waals surface area (Å²) in [5.74, 6) is 2.01. The van der Waals surface area contributed by atoms with Crippen molar-refractivity contribution >= 4 is 11.8 Å². The number of rotatable bonds is 1. The Labute approximate surface area is 59.8 Å². The molecule has 3 N–H and O–H groups in total. The van der Waals surface area contributed by atoms with Gasteiger partial charge in [0, 0.05) is 12.3 Å². The van der Waals surface area contributed by atoms with E-state index < -0.39 is 5.60 Å². The molecule has 0 bridgehead atoms. The monoisotopic (exact) mass is 147 g/mol. The summed E-state index contributed by atoms with van der Waals surface area (Å²) in [7, 11) is 0. The van der Waals surface area contributed by atoms with Crippen LogP contribution in [0.3, 0.4) is 0 Å². The van der Waals surface area contributed by atoms with Crippen molar-refractivity contribution in [1.82, 2.24) is 0 Å². The molecule has 9 heavy (non-hydrogen) atoms. The van der Waals surface area contributed by atoms with Gasteiger partial charge in [0.05, 0.1) is 5.60 Å². The molecule has 0 aromatic rings. The fraction of sp³-hybridized carbons (Fsp3) is 1.00. The van der Waals surface area contributed by atoms with Crippen molar-refractivity contribution in [2.45, 2.75) is 18.4 Å². The van der Waals surface area contributed by atoms with Crippen LogP contribution in [-0.4, -0.2) is 28.8 Å². The zero-order valence-electron chi connectivity index (χ0n) is 5.47. The highest BCUT2D eigenvalue weighted by atomic mass is 32.2. The molecule has 2 nitrogen and oxygen atoms in total. The van der Waals surface area contributed by atoms with E-state index in [0.29, 0.717) is 6.54 Å². The third kappa shape index (κ3) is 1.85. The number of hydrogen-bond acceptors (Lipinski definition) is 3. The maximum absolute atomic E-state index is 9.53. The number of thioether (sulfide) groups is 1. The molecule has 0 aromatic heterocycles. The molecule has 1 saturated heterocycles. The van der Waals surface area contributed by atoms with Crippen LogP contribution < -0.4 is 5.73 Å². The van der Waals surface area contributed by atoms with Crippen molar-refractivity contribution in [2.24, 2.45) is 5.73 Å². The Morgan fingerprint density at radius 3 is 2.78 bits per heavy atom. The van der Waals surface area contributed by atoms with Gasteiger partial charge in [-0.25, -0.2) is 0 Å². The smallest absolute Gasteiger partial charge is 0.0859 e. The van der Waals surface area contributed by atoms with E-state index in [1.807, 2.05) is 0 Å². The van der Waals surface area contributed by atoms with Crippen LogP contribution in [0.4, 0.5) is 0 Å². The second-order valence-electron chi connectivity index (χ2n) is 2.58. The van der Waals surface area contributed by atoms with Gasteiger partial charge >= 0.3 is 0 Å². The molecule has 1 aliphatic heterocycles.